The minimum atomic E-state index is -3.50. The Balaban J connectivity index is 1.42. The van der Waals surface area contributed by atoms with Crippen molar-refractivity contribution in [3.05, 3.63) is 42.6 Å². The molecule has 3 heterocycles. The minimum absolute atomic E-state index is 0.00426. The summed E-state index contributed by atoms with van der Waals surface area (Å²) in [5.74, 6) is 1.62. The molecule has 0 bridgehead atoms. The van der Waals surface area contributed by atoms with Crippen LogP contribution >= 0.6 is 0 Å². The Morgan fingerprint density at radius 2 is 1.87 bits per heavy atom. The summed E-state index contributed by atoms with van der Waals surface area (Å²) in [7, 11) is 0.455. The first kappa shape index (κ1) is 21.9. The van der Waals surface area contributed by atoms with Gasteiger partial charge in [-0.2, -0.15) is 4.31 Å². The van der Waals surface area contributed by atoms with Crippen molar-refractivity contribution in [2.75, 3.05) is 69.7 Å². The highest BCUT2D eigenvalue weighted by molar-refractivity contribution is 7.89. The van der Waals surface area contributed by atoms with Crippen LogP contribution in [0.15, 0.2) is 47.5 Å². The number of likely N-dealkylation sites (N-methyl/N-ethyl adjacent to an activating group) is 3. The lowest BCUT2D eigenvalue weighted by Crippen LogP contribution is -2.47. The predicted octanol–water partition coefficient (Wildman–Crippen LogP) is 1.74. The molecule has 4 rings (SSSR count). The maximum atomic E-state index is 12.9. The fraction of sp³-hybridized carbons (Fsp3) is 0.500. The highest BCUT2D eigenvalue weighted by atomic mass is 32.2. The number of para-hydroxylation sites is 2. The fourth-order valence-corrected chi connectivity index (χ4v) is 5.47. The van der Waals surface area contributed by atoms with Crippen molar-refractivity contribution in [2.45, 2.75) is 17.9 Å². The molecule has 1 aromatic carbocycles. The number of benzene rings is 1. The molecule has 2 aliphatic heterocycles. The van der Waals surface area contributed by atoms with E-state index in [0.717, 1.165) is 43.4 Å². The van der Waals surface area contributed by atoms with Crippen molar-refractivity contribution in [2.24, 2.45) is 0 Å². The summed E-state index contributed by atoms with van der Waals surface area (Å²) in [5, 5.41) is 0. The van der Waals surface area contributed by atoms with Gasteiger partial charge in [0.2, 0.25) is 10.0 Å². The topological polar surface area (TPSA) is 69.2 Å². The number of sulfonamides is 1. The first-order chi connectivity index (χ1) is 14.9. The Bertz CT molecular complexity index is 990. The van der Waals surface area contributed by atoms with E-state index >= 15 is 0 Å². The van der Waals surface area contributed by atoms with Gasteiger partial charge in [0.1, 0.15) is 22.6 Å². The second-order valence-corrected chi connectivity index (χ2v) is 10.1. The van der Waals surface area contributed by atoms with Gasteiger partial charge in [-0.15, -0.1) is 0 Å². The Kier molecular flexibility index (Phi) is 6.36. The van der Waals surface area contributed by atoms with Gasteiger partial charge >= 0.3 is 0 Å². The van der Waals surface area contributed by atoms with Gasteiger partial charge in [0.05, 0.1) is 18.8 Å². The zero-order chi connectivity index (χ0) is 22.0. The van der Waals surface area contributed by atoms with Crippen LogP contribution in [0.2, 0.25) is 0 Å². The summed E-state index contributed by atoms with van der Waals surface area (Å²) in [4.78, 5) is 11.2. The number of hydrogen-bond donors (Lipinski definition) is 0. The molecule has 0 amide bonds. The first-order valence-corrected chi connectivity index (χ1v) is 12.2. The average Bonchev–Trinajstić information content (AvgIpc) is 2.79. The quantitative estimate of drug-likeness (QED) is 0.671. The molecular formula is C22H31N5O3S. The number of pyridine rings is 1. The van der Waals surface area contributed by atoms with Gasteiger partial charge < -0.3 is 19.4 Å². The largest absolute Gasteiger partial charge is 0.485 e. The van der Waals surface area contributed by atoms with Crippen LogP contribution in [-0.2, 0) is 10.0 Å². The average molecular weight is 446 g/mol. The van der Waals surface area contributed by atoms with Gasteiger partial charge in [-0.1, -0.05) is 12.1 Å². The molecule has 0 N–H and O–H groups in total. The van der Waals surface area contributed by atoms with Crippen LogP contribution in [0.25, 0.3) is 0 Å². The lowest BCUT2D eigenvalue weighted by Gasteiger charge is -2.37. The monoisotopic (exact) mass is 445 g/mol. The molecule has 2 aliphatic rings. The maximum absolute atomic E-state index is 12.9. The number of ether oxygens (including phenoxy) is 1. The molecule has 1 saturated heterocycles. The lowest BCUT2D eigenvalue weighted by atomic mass is 10.2. The van der Waals surface area contributed by atoms with E-state index in [0.29, 0.717) is 19.6 Å². The number of hydrogen-bond acceptors (Lipinski definition) is 7. The maximum Gasteiger partial charge on any atom is 0.244 e. The summed E-state index contributed by atoms with van der Waals surface area (Å²) < 4.78 is 33.6. The van der Waals surface area contributed by atoms with Crippen molar-refractivity contribution in [1.29, 1.82) is 0 Å². The molecule has 31 heavy (non-hydrogen) atoms. The zero-order valence-electron chi connectivity index (χ0n) is 18.4. The standard InChI is InChI=1S/C22H31N5O3S/c1-4-26-17-18(30-21-8-6-5-7-20(21)26)16-25(3)22-10-9-19(15-23-22)31(28,29)27-13-11-24(2)12-14-27/h5-10,15,18H,4,11-14,16-17H2,1-3H3/t18-/m1/s1. The second kappa shape index (κ2) is 9.02. The lowest BCUT2D eigenvalue weighted by molar-refractivity contribution is 0.200. The van der Waals surface area contributed by atoms with Crippen molar-refractivity contribution in [3.8, 4) is 5.75 Å². The van der Waals surface area contributed by atoms with Crippen LogP contribution in [0.4, 0.5) is 11.5 Å². The molecule has 8 nitrogen and oxygen atoms in total. The van der Waals surface area contributed by atoms with E-state index in [1.165, 1.54) is 6.20 Å². The highest BCUT2D eigenvalue weighted by Crippen LogP contribution is 2.33. The molecule has 168 valence electrons. The van der Waals surface area contributed by atoms with Crippen LogP contribution in [0.5, 0.6) is 5.75 Å². The molecule has 0 spiro atoms. The molecule has 2 aromatic rings. The normalized spacial score (nSPS) is 20.2. The molecule has 0 radical (unpaired) electrons. The van der Waals surface area contributed by atoms with Gasteiger partial charge in [0, 0.05) is 46.0 Å². The van der Waals surface area contributed by atoms with Crippen LogP contribution in [0, 0.1) is 0 Å². The summed E-state index contributed by atoms with van der Waals surface area (Å²) in [6.07, 6.45) is 1.46. The van der Waals surface area contributed by atoms with Crippen LogP contribution in [-0.4, -0.2) is 88.6 Å². The van der Waals surface area contributed by atoms with Gasteiger partial charge in [-0.05, 0) is 38.2 Å². The zero-order valence-corrected chi connectivity index (χ0v) is 19.3. The van der Waals surface area contributed by atoms with Crippen molar-refractivity contribution < 1.29 is 13.2 Å². The molecule has 1 atom stereocenters. The van der Waals surface area contributed by atoms with Crippen LogP contribution < -0.4 is 14.5 Å². The summed E-state index contributed by atoms with van der Waals surface area (Å²) in [6, 6.07) is 11.5. The molecule has 1 fully saturated rings. The molecule has 1 aromatic heterocycles. The number of piperazine rings is 1. The SMILES string of the molecule is CCN1C[C@@H](CN(C)c2ccc(S(=O)(=O)N3CCN(C)CC3)cn2)Oc2ccccc21. The second-order valence-electron chi connectivity index (χ2n) is 8.19. The number of aromatic nitrogens is 1. The number of nitrogens with zero attached hydrogens (tertiary/aromatic N) is 5. The third-order valence-electron chi connectivity index (χ3n) is 5.99. The summed E-state index contributed by atoms with van der Waals surface area (Å²) in [5.41, 5.74) is 1.13. The predicted molar refractivity (Wildman–Crippen MR) is 123 cm³/mol. The van der Waals surface area contributed by atoms with Crippen molar-refractivity contribution in [1.82, 2.24) is 14.2 Å². The van der Waals surface area contributed by atoms with E-state index < -0.39 is 10.0 Å². The van der Waals surface area contributed by atoms with Crippen LogP contribution in [0.3, 0.4) is 0 Å². The Morgan fingerprint density at radius 3 is 2.55 bits per heavy atom. The van der Waals surface area contributed by atoms with Gasteiger partial charge in [-0.3, -0.25) is 0 Å². The number of fused-ring (bicyclic) bond motifs is 1. The van der Waals surface area contributed by atoms with Gasteiger partial charge in [0.15, 0.2) is 0 Å². The van der Waals surface area contributed by atoms with Gasteiger partial charge in [0.25, 0.3) is 0 Å². The third kappa shape index (κ3) is 4.63. The highest BCUT2D eigenvalue weighted by Gasteiger charge is 2.29. The smallest absolute Gasteiger partial charge is 0.244 e. The van der Waals surface area contributed by atoms with E-state index in [9.17, 15) is 8.42 Å². The summed E-state index contributed by atoms with van der Waals surface area (Å²) in [6.45, 7) is 7.02. The Labute approximate surface area is 185 Å². The van der Waals surface area contributed by atoms with Crippen molar-refractivity contribution in [3.63, 3.8) is 0 Å². The summed E-state index contributed by atoms with van der Waals surface area (Å²) >= 11 is 0. The van der Waals surface area contributed by atoms with E-state index in [1.807, 2.05) is 37.2 Å². The molecule has 0 aliphatic carbocycles. The minimum Gasteiger partial charge on any atom is -0.485 e. The number of anilines is 2. The van der Waals surface area contributed by atoms with E-state index in [4.69, 9.17) is 4.74 Å². The fourth-order valence-electron chi connectivity index (χ4n) is 4.10. The first-order valence-electron chi connectivity index (χ1n) is 10.7. The Hall–Kier alpha value is -2.36. The third-order valence-corrected chi connectivity index (χ3v) is 7.88. The number of rotatable bonds is 6. The van der Waals surface area contributed by atoms with E-state index in [-0.39, 0.29) is 11.0 Å². The molecular weight excluding hydrogens is 414 g/mol. The molecule has 0 unspecified atom stereocenters. The molecule has 9 heteroatoms. The molecule has 0 saturated carbocycles. The Morgan fingerprint density at radius 1 is 1.13 bits per heavy atom. The van der Waals surface area contributed by atoms with Crippen molar-refractivity contribution >= 4 is 21.5 Å². The van der Waals surface area contributed by atoms with E-state index in [1.54, 1.807) is 16.4 Å². The van der Waals surface area contributed by atoms with Crippen LogP contribution in [0.1, 0.15) is 6.92 Å². The van der Waals surface area contributed by atoms with E-state index in [2.05, 4.69) is 27.8 Å². The van der Waals surface area contributed by atoms with Gasteiger partial charge in [-0.25, -0.2) is 13.4 Å².